The second-order valence-electron chi connectivity index (χ2n) is 3.92. The first kappa shape index (κ1) is 25.1. The summed E-state index contributed by atoms with van der Waals surface area (Å²) in [5, 5.41) is -11.7. The summed E-state index contributed by atoms with van der Waals surface area (Å²) < 4.78 is 110. The van der Waals surface area contributed by atoms with Gasteiger partial charge in [0.2, 0.25) is 0 Å². The Bertz CT molecular complexity index is 517. The summed E-state index contributed by atoms with van der Waals surface area (Å²) in [6, 6.07) is 0. The van der Waals surface area contributed by atoms with E-state index in [0.717, 1.165) is 0 Å². The van der Waals surface area contributed by atoms with E-state index in [4.69, 9.17) is 0 Å². The van der Waals surface area contributed by atoms with E-state index >= 15 is 0 Å². The first-order valence-corrected chi connectivity index (χ1v) is 7.42. The van der Waals surface area contributed by atoms with Crippen molar-refractivity contribution in [1.29, 1.82) is 0 Å². The highest BCUT2D eigenvalue weighted by Gasteiger charge is 2.79. The Morgan fingerprint density at radius 3 is 1.04 bits per heavy atom. The SMILES string of the molecule is FC(Cl)(Cl)C(F)(F)C(Cl)=C(Cl)C(F)(F)C(F)(Cl)C(F)(F)C(F)(Cl)Cl. The second kappa shape index (κ2) is 6.95. The van der Waals surface area contributed by atoms with Gasteiger partial charge in [0.05, 0.1) is 0 Å². The molecule has 0 aliphatic heterocycles. The molecule has 0 saturated heterocycles. The Labute approximate surface area is 162 Å². The number of halogens is 16. The highest BCUT2D eigenvalue weighted by atomic mass is 35.5. The van der Waals surface area contributed by atoms with Gasteiger partial charge in [-0.3, -0.25) is 0 Å². The Morgan fingerprint density at radius 1 is 0.500 bits per heavy atom. The van der Waals surface area contributed by atoms with Gasteiger partial charge in [-0.15, -0.1) is 0 Å². The molecule has 1 atom stereocenters. The molecule has 0 heterocycles. The smallest absolute Gasteiger partial charge is 0.212 e. The van der Waals surface area contributed by atoms with Gasteiger partial charge in [-0.25, -0.2) is 13.2 Å². The van der Waals surface area contributed by atoms with Crippen molar-refractivity contribution in [2.24, 2.45) is 0 Å². The van der Waals surface area contributed by atoms with Crippen molar-refractivity contribution in [3.63, 3.8) is 0 Å². The maximum atomic E-state index is 13.7. The molecule has 0 N–H and O–H groups in total. The molecule has 1 unspecified atom stereocenters. The van der Waals surface area contributed by atoms with Crippen molar-refractivity contribution >= 4 is 81.2 Å². The van der Waals surface area contributed by atoms with Crippen molar-refractivity contribution in [2.45, 2.75) is 32.1 Å². The van der Waals surface area contributed by atoms with Crippen LogP contribution in [0.4, 0.5) is 39.5 Å². The molecule has 144 valence electrons. The van der Waals surface area contributed by atoms with Gasteiger partial charge in [-0.05, 0) is 0 Å². The van der Waals surface area contributed by atoms with Crippen LogP contribution in [0.1, 0.15) is 0 Å². The molecule has 0 saturated carbocycles. The molecule has 0 nitrogen and oxygen atoms in total. The predicted octanol–water partition coefficient (Wildman–Crippen LogP) is 7.69. The van der Waals surface area contributed by atoms with Crippen LogP contribution in [0.3, 0.4) is 0 Å². The minimum atomic E-state index is -6.13. The Hall–Kier alpha value is 1.14. The third-order valence-corrected chi connectivity index (χ3v) is 4.62. The lowest BCUT2D eigenvalue weighted by molar-refractivity contribution is -0.209. The molecule has 16 heteroatoms. The molecular formula is C8Cl7F9. The molecule has 0 aromatic rings. The van der Waals surface area contributed by atoms with Crippen LogP contribution in [0.25, 0.3) is 0 Å². The lowest BCUT2D eigenvalue weighted by atomic mass is 10.1. The van der Waals surface area contributed by atoms with Gasteiger partial charge in [-0.1, -0.05) is 81.2 Å². The summed E-state index contributed by atoms with van der Waals surface area (Å²) in [4.78, 5) is 0. The fraction of sp³-hybridized carbons (Fsp3) is 0.750. The van der Waals surface area contributed by atoms with E-state index in [1.165, 1.54) is 0 Å². The molecule has 0 rings (SSSR count). The van der Waals surface area contributed by atoms with Gasteiger partial charge >= 0.3 is 32.1 Å². The van der Waals surface area contributed by atoms with Crippen molar-refractivity contribution in [2.75, 3.05) is 0 Å². The summed E-state index contributed by atoms with van der Waals surface area (Å²) in [6.45, 7) is 0. The van der Waals surface area contributed by atoms with E-state index < -0.39 is 42.1 Å². The van der Waals surface area contributed by atoms with Crippen LogP contribution in [0.15, 0.2) is 10.1 Å². The maximum Gasteiger partial charge on any atom is 0.363 e. The molecule has 0 aromatic carbocycles. The Morgan fingerprint density at radius 2 is 0.792 bits per heavy atom. The number of hydrogen-bond acceptors (Lipinski definition) is 0. The van der Waals surface area contributed by atoms with Gasteiger partial charge in [0, 0.05) is 0 Å². The lowest BCUT2D eigenvalue weighted by Crippen LogP contribution is -2.60. The number of rotatable bonds is 6. The van der Waals surface area contributed by atoms with Crippen molar-refractivity contribution in [3.8, 4) is 0 Å². The molecule has 0 aliphatic rings. The first-order chi connectivity index (χ1) is 10.1. The van der Waals surface area contributed by atoms with Crippen LogP contribution < -0.4 is 0 Å². The van der Waals surface area contributed by atoms with Crippen LogP contribution in [-0.4, -0.2) is 32.1 Å². The van der Waals surface area contributed by atoms with Crippen molar-refractivity contribution in [3.05, 3.63) is 10.1 Å². The molecule has 0 fully saturated rings. The molecule has 0 bridgehead atoms. The first-order valence-electron chi connectivity index (χ1n) is 4.77. The van der Waals surface area contributed by atoms with Crippen molar-refractivity contribution in [1.82, 2.24) is 0 Å². The molecule has 24 heavy (non-hydrogen) atoms. The average molecular weight is 515 g/mol. The number of hydrogen-bond donors (Lipinski definition) is 0. The van der Waals surface area contributed by atoms with E-state index in [1.807, 2.05) is 0 Å². The van der Waals surface area contributed by atoms with E-state index in [-0.39, 0.29) is 0 Å². The summed E-state index contributed by atoms with van der Waals surface area (Å²) >= 11 is 30.6. The van der Waals surface area contributed by atoms with E-state index in [9.17, 15) is 39.5 Å². The summed E-state index contributed by atoms with van der Waals surface area (Å²) in [5.41, 5.74) is 0. The van der Waals surface area contributed by atoms with Gasteiger partial charge in [0.1, 0.15) is 10.1 Å². The zero-order valence-corrected chi connectivity index (χ0v) is 15.3. The van der Waals surface area contributed by atoms with Crippen LogP contribution in [-0.2, 0) is 0 Å². The van der Waals surface area contributed by atoms with Gasteiger partial charge in [-0.2, -0.15) is 26.3 Å². The average Bonchev–Trinajstić information content (AvgIpc) is 2.33. The van der Waals surface area contributed by atoms with E-state index in [0.29, 0.717) is 0 Å². The molecule has 0 radical (unpaired) electrons. The molecule has 0 aromatic heterocycles. The fourth-order valence-corrected chi connectivity index (χ4v) is 2.33. The largest absolute Gasteiger partial charge is 0.363 e. The fourth-order valence-electron chi connectivity index (χ4n) is 0.913. The normalized spacial score (nSPS) is 19.0. The van der Waals surface area contributed by atoms with Gasteiger partial charge < -0.3 is 0 Å². The second-order valence-corrected chi connectivity index (χ2v) is 7.67. The maximum absolute atomic E-state index is 13.7. The van der Waals surface area contributed by atoms with Crippen molar-refractivity contribution < 1.29 is 39.5 Å². The number of allylic oxidation sites excluding steroid dienone is 2. The van der Waals surface area contributed by atoms with E-state index in [1.54, 1.807) is 0 Å². The third kappa shape index (κ3) is 4.02. The minimum absolute atomic E-state index is 2.80. The van der Waals surface area contributed by atoms with Crippen LogP contribution in [0, 0.1) is 0 Å². The number of alkyl halides is 14. The highest BCUT2D eigenvalue weighted by molar-refractivity contribution is 6.50. The van der Waals surface area contributed by atoms with Gasteiger partial charge in [0.15, 0.2) is 0 Å². The van der Waals surface area contributed by atoms with E-state index in [2.05, 4.69) is 81.2 Å². The lowest BCUT2D eigenvalue weighted by Gasteiger charge is -2.37. The zero-order chi connectivity index (χ0) is 20.2. The van der Waals surface area contributed by atoms with Gasteiger partial charge in [0.25, 0.3) is 0 Å². The molecular weight excluding hydrogens is 515 g/mol. The topological polar surface area (TPSA) is 0 Å². The third-order valence-electron chi connectivity index (χ3n) is 2.24. The zero-order valence-electron chi connectivity index (χ0n) is 10.0. The predicted molar refractivity (Wildman–Crippen MR) is 74.4 cm³/mol. The quantitative estimate of drug-likeness (QED) is 0.252. The molecule has 0 amide bonds. The Kier molecular flexibility index (Phi) is 7.28. The highest BCUT2D eigenvalue weighted by Crippen LogP contribution is 2.60. The molecule has 0 aliphatic carbocycles. The summed E-state index contributed by atoms with van der Waals surface area (Å²) in [5.74, 6) is -17.6. The van der Waals surface area contributed by atoms with Crippen LogP contribution >= 0.6 is 81.2 Å². The Balaban J connectivity index is 6.40. The summed E-state index contributed by atoms with van der Waals surface area (Å²) in [6.07, 6.45) is 0. The molecule has 0 spiro atoms. The van der Waals surface area contributed by atoms with Crippen LogP contribution in [0.5, 0.6) is 0 Å². The summed E-state index contributed by atoms with van der Waals surface area (Å²) in [7, 11) is 0. The monoisotopic (exact) mass is 512 g/mol. The van der Waals surface area contributed by atoms with Crippen LogP contribution in [0.2, 0.25) is 0 Å². The minimum Gasteiger partial charge on any atom is -0.212 e. The standard InChI is InChI=1S/C8Cl7F9/c9-1(2(10)4(18,19)7(12,13)23)3(16,17)5(11,20)6(21,22)8(14,15)24.